The van der Waals surface area contributed by atoms with Gasteiger partial charge in [-0.25, -0.2) is 4.79 Å². The van der Waals surface area contributed by atoms with Crippen LogP contribution in [0.25, 0.3) is 0 Å². The van der Waals surface area contributed by atoms with E-state index in [1.807, 2.05) is 0 Å². The highest BCUT2D eigenvalue weighted by Crippen LogP contribution is 2.42. The minimum atomic E-state index is -6.80. The first kappa shape index (κ1) is 31.9. The first-order valence-corrected chi connectivity index (χ1v) is 9.82. The van der Waals surface area contributed by atoms with Crippen LogP contribution in [0.15, 0.2) is 12.2 Å². The topological polar surface area (TPSA) is 119 Å². The second-order valence-corrected chi connectivity index (χ2v) is 8.94. The van der Waals surface area contributed by atoms with Gasteiger partial charge in [-0.05, 0) is 20.8 Å². The number of hydrogen-bond acceptors (Lipinski definition) is 6. The molecule has 0 aromatic heterocycles. The molecule has 0 aromatic carbocycles. The van der Waals surface area contributed by atoms with E-state index in [0.29, 0.717) is 0 Å². The van der Waals surface area contributed by atoms with Gasteiger partial charge in [0.05, 0.1) is 6.61 Å². The van der Waals surface area contributed by atoms with Crippen molar-refractivity contribution < 1.29 is 75.9 Å². The molecule has 1 atom stereocenters. The smallest absolute Gasteiger partial charge is 0.412 e. The molecule has 0 saturated heterocycles. The summed E-state index contributed by atoms with van der Waals surface area (Å²) in [5, 5.41) is -4.74. The summed E-state index contributed by atoms with van der Waals surface area (Å²) in [6, 6.07) is 0. The predicted octanol–water partition coefficient (Wildman–Crippen LogP) is 3.34. The maximum Gasteiger partial charge on any atom is 0.466 e. The summed E-state index contributed by atoms with van der Waals surface area (Å²) in [5.41, 5.74) is -4.22. The fourth-order valence-electron chi connectivity index (χ4n) is 1.80. The van der Waals surface area contributed by atoms with Crippen LogP contribution in [0.1, 0.15) is 27.2 Å². The van der Waals surface area contributed by atoms with E-state index in [1.54, 1.807) is 0 Å². The van der Waals surface area contributed by atoms with Crippen LogP contribution in [0.4, 0.5) is 43.9 Å². The highest BCUT2D eigenvalue weighted by Gasteiger charge is 2.69. The Kier molecular flexibility index (Phi) is 8.88. The van der Waals surface area contributed by atoms with E-state index in [4.69, 9.17) is 4.55 Å². The molecule has 0 saturated carbocycles. The number of carbonyl (C=O) groups is 2. The van der Waals surface area contributed by atoms with Gasteiger partial charge in [-0.15, -0.1) is 0 Å². The molecule has 200 valence electrons. The molecule has 1 unspecified atom stereocenters. The predicted molar refractivity (Wildman–Crippen MR) is 90.0 cm³/mol. The van der Waals surface area contributed by atoms with Crippen LogP contribution in [0, 0.1) is 0 Å². The maximum atomic E-state index is 13.7. The third-order valence-electron chi connectivity index (χ3n) is 3.46. The molecule has 0 bridgehead atoms. The monoisotopic (exact) mass is 545 g/mol. The molecule has 0 heterocycles. The molecule has 8 nitrogen and oxygen atoms in total. The number of ether oxygens (including phenoxy) is 2. The van der Waals surface area contributed by atoms with Crippen LogP contribution in [0.5, 0.6) is 0 Å². The molecule has 34 heavy (non-hydrogen) atoms. The molecule has 0 aromatic rings. The Morgan fingerprint density at radius 3 is 1.71 bits per heavy atom. The summed E-state index contributed by atoms with van der Waals surface area (Å²) in [6.07, 6.45) is -14.6. The lowest BCUT2D eigenvalue weighted by atomic mass is 10.1. The molecule has 2 N–H and O–H groups in total. The summed E-state index contributed by atoms with van der Waals surface area (Å²) < 4.78 is 169. The van der Waals surface area contributed by atoms with Crippen LogP contribution < -0.4 is 5.32 Å². The summed E-state index contributed by atoms with van der Waals surface area (Å²) >= 11 is 0. The summed E-state index contributed by atoms with van der Waals surface area (Å²) in [7, 11) is -6.80. The van der Waals surface area contributed by atoms with Gasteiger partial charge in [0, 0.05) is 12.0 Å². The molecule has 0 fully saturated rings. The van der Waals surface area contributed by atoms with Crippen molar-refractivity contribution in [1.82, 2.24) is 5.32 Å². The van der Waals surface area contributed by atoms with Crippen molar-refractivity contribution in [2.24, 2.45) is 0 Å². The first-order valence-electron chi connectivity index (χ1n) is 8.38. The molecule has 0 radical (unpaired) electrons. The van der Waals surface area contributed by atoms with Gasteiger partial charge in [-0.3, -0.25) is 9.35 Å². The van der Waals surface area contributed by atoms with Crippen molar-refractivity contribution in [1.29, 1.82) is 0 Å². The van der Waals surface area contributed by atoms with Crippen molar-refractivity contribution in [2.75, 3.05) is 6.61 Å². The Labute approximate surface area is 185 Å². The number of halogens is 10. The maximum absolute atomic E-state index is 13.7. The zero-order valence-electron chi connectivity index (χ0n) is 17.2. The Hall–Kier alpha value is -2.15. The van der Waals surface area contributed by atoms with E-state index < -0.39 is 75.5 Å². The number of nitrogens with one attached hydrogen (secondary N) is 1. The van der Waals surface area contributed by atoms with Gasteiger partial charge >= 0.3 is 51.3 Å². The van der Waals surface area contributed by atoms with E-state index in [0.717, 1.165) is 20.8 Å². The van der Waals surface area contributed by atoms with Crippen LogP contribution in [-0.2, 0) is 29.2 Å². The van der Waals surface area contributed by atoms with E-state index in [1.165, 1.54) is 5.32 Å². The summed E-state index contributed by atoms with van der Waals surface area (Å²) in [4.78, 5) is 23.8. The molecule has 1 amide bonds. The quantitative estimate of drug-likeness (QED) is 0.150. The highest BCUT2D eigenvalue weighted by atomic mass is 32.2. The molecular weight excluding hydrogens is 528 g/mol. The molecular formula is C15H17F10NO7S. The Bertz CT molecular complexity index is 906. The zero-order valence-corrected chi connectivity index (χ0v) is 18.0. The first-order chi connectivity index (χ1) is 14.6. The largest absolute Gasteiger partial charge is 0.466 e. The Balaban J connectivity index is 6.37. The normalized spacial score (nSPS) is 15.9. The number of hydrogen-bond donors (Lipinski definition) is 2. The van der Waals surface area contributed by atoms with E-state index >= 15 is 0 Å². The molecule has 0 aliphatic heterocycles. The molecule has 0 spiro atoms. The van der Waals surface area contributed by atoms with E-state index in [9.17, 15) is 61.9 Å². The van der Waals surface area contributed by atoms with Crippen LogP contribution in [0.2, 0.25) is 0 Å². The van der Waals surface area contributed by atoms with Crippen LogP contribution in [-0.4, -0.2) is 66.3 Å². The average molecular weight is 545 g/mol. The fraction of sp³-hybridized carbons (Fsp3) is 0.733. The number of esters is 1. The van der Waals surface area contributed by atoms with Crippen LogP contribution in [0.3, 0.4) is 0 Å². The van der Waals surface area contributed by atoms with Crippen molar-refractivity contribution >= 4 is 22.0 Å². The van der Waals surface area contributed by atoms with Gasteiger partial charge in [0.15, 0.2) is 0 Å². The lowest BCUT2D eigenvalue weighted by Crippen LogP contribution is -2.64. The summed E-state index contributed by atoms with van der Waals surface area (Å²) in [5.74, 6) is -16.4. The third kappa shape index (κ3) is 7.17. The molecule has 19 heteroatoms. The van der Waals surface area contributed by atoms with Gasteiger partial charge in [0.2, 0.25) is 0 Å². The fourth-order valence-corrected chi connectivity index (χ4v) is 2.28. The second-order valence-electron chi connectivity index (χ2n) is 7.48. The second kappa shape index (κ2) is 9.48. The highest BCUT2D eigenvalue weighted by molar-refractivity contribution is 7.87. The zero-order chi connectivity index (χ0) is 27.8. The van der Waals surface area contributed by atoms with Gasteiger partial charge in [0.1, 0.15) is 5.57 Å². The lowest BCUT2D eigenvalue weighted by molar-refractivity contribution is -0.350. The van der Waals surface area contributed by atoms with Crippen molar-refractivity contribution in [3.8, 4) is 0 Å². The number of carbonyl (C=O) groups excluding carboxylic acids is 2. The SMILES string of the molecule is C=C(C(=O)OC(OCCC(F)(F)C(F)(F)S(=O)(=O)O)(C(=O)NC(C)(C)C)C(F)(F)F)C(F)(F)F. The van der Waals surface area contributed by atoms with E-state index in [2.05, 4.69) is 16.1 Å². The molecule has 0 aliphatic carbocycles. The standard InChI is InChI=1S/C15H17F10NO7S/c1-7(13(18,19)20)8(27)33-12(14(21,22)23,9(28)26-10(2,3)4)32-6-5-11(16,17)15(24,25)34(29,30)31/h1,5-6H2,2-4H3,(H,26,28)(H,29,30,31). The Morgan fingerprint density at radius 2 is 1.38 bits per heavy atom. The van der Waals surface area contributed by atoms with Crippen molar-refractivity contribution in [3.63, 3.8) is 0 Å². The van der Waals surface area contributed by atoms with Gasteiger partial charge in [0.25, 0.3) is 0 Å². The van der Waals surface area contributed by atoms with Gasteiger partial charge in [-0.1, -0.05) is 6.58 Å². The lowest BCUT2D eigenvalue weighted by Gasteiger charge is -2.36. The van der Waals surface area contributed by atoms with Gasteiger partial charge in [-0.2, -0.15) is 52.3 Å². The van der Waals surface area contributed by atoms with Crippen molar-refractivity contribution in [3.05, 3.63) is 12.2 Å². The molecule has 0 rings (SSSR count). The summed E-state index contributed by atoms with van der Waals surface area (Å²) in [6.45, 7) is 2.88. The number of alkyl halides is 10. The number of rotatable bonds is 9. The van der Waals surface area contributed by atoms with Gasteiger partial charge < -0.3 is 14.8 Å². The van der Waals surface area contributed by atoms with Crippen molar-refractivity contribution in [2.45, 2.75) is 62.0 Å². The minimum Gasteiger partial charge on any atom is -0.412 e. The average Bonchev–Trinajstić information content (AvgIpc) is 2.55. The number of amides is 1. The van der Waals surface area contributed by atoms with E-state index in [-0.39, 0.29) is 0 Å². The van der Waals surface area contributed by atoms with Crippen LogP contribution >= 0.6 is 0 Å². The minimum absolute atomic E-state index is 1.03. The third-order valence-corrected chi connectivity index (χ3v) is 4.40. The molecule has 0 aliphatic rings. The Morgan fingerprint density at radius 1 is 0.941 bits per heavy atom.